The molecule has 1 amide bonds. The van der Waals surface area contributed by atoms with Crippen LogP contribution in [0.1, 0.15) is 41.4 Å². The summed E-state index contributed by atoms with van der Waals surface area (Å²) in [6.45, 7) is 4.62. The Balaban J connectivity index is 1.87. The first-order valence-corrected chi connectivity index (χ1v) is 12.5. The average molecular weight is 461 g/mol. The molecular formula is C23H28N2O4S2. The Morgan fingerprint density at radius 1 is 1.13 bits per heavy atom. The highest BCUT2D eigenvalue weighted by Crippen LogP contribution is 2.33. The fraction of sp³-hybridized carbons (Fsp3) is 0.348. The molecule has 0 aliphatic carbocycles. The van der Waals surface area contributed by atoms with Gasteiger partial charge in [-0.2, -0.15) is 0 Å². The van der Waals surface area contributed by atoms with Crippen molar-refractivity contribution in [3.63, 3.8) is 0 Å². The van der Waals surface area contributed by atoms with Crippen LogP contribution in [0.2, 0.25) is 0 Å². The van der Waals surface area contributed by atoms with Crippen molar-refractivity contribution >= 4 is 43.0 Å². The van der Waals surface area contributed by atoms with Gasteiger partial charge in [0.05, 0.1) is 17.7 Å². The molecule has 0 saturated heterocycles. The lowest BCUT2D eigenvalue weighted by atomic mass is 10.2. The molecule has 3 rings (SSSR count). The zero-order valence-corrected chi connectivity index (χ0v) is 19.9. The summed E-state index contributed by atoms with van der Waals surface area (Å²) in [5, 5.41) is 3.78. The third-order valence-corrected chi connectivity index (χ3v) is 8.03. The third-order valence-electron chi connectivity index (χ3n) is 5.11. The zero-order valence-electron chi connectivity index (χ0n) is 18.3. The smallest absolute Gasteiger partial charge is 0.267 e. The monoisotopic (exact) mass is 460 g/mol. The molecule has 0 unspecified atom stereocenters. The van der Waals surface area contributed by atoms with E-state index in [0.717, 1.165) is 34.9 Å². The van der Waals surface area contributed by atoms with Gasteiger partial charge >= 0.3 is 0 Å². The van der Waals surface area contributed by atoms with Crippen LogP contribution in [0.3, 0.4) is 0 Å². The maximum absolute atomic E-state index is 13.3. The van der Waals surface area contributed by atoms with Gasteiger partial charge in [-0.1, -0.05) is 25.8 Å². The minimum Gasteiger partial charge on any atom is -0.495 e. The zero-order chi connectivity index (χ0) is 22.6. The molecule has 0 spiro atoms. The summed E-state index contributed by atoms with van der Waals surface area (Å²) in [5.74, 6) is 0.209. The number of hydrogen-bond acceptors (Lipinski definition) is 5. The second kappa shape index (κ2) is 9.70. The SMILES string of the molecule is CCCCCNC(=O)c1cc2cc(N(C)S(=O)(=O)c3cc(C)ccc3OC)ccc2s1. The van der Waals surface area contributed by atoms with E-state index in [4.69, 9.17) is 4.74 Å². The van der Waals surface area contributed by atoms with Crippen LogP contribution in [0.25, 0.3) is 10.1 Å². The quantitative estimate of drug-likeness (QED) is 0.458. The van der Waals surface area contributed by atoms with E-state index < -0.39 is 10.0 Å². The van der Waals surface area contributed by atoms with Crippen LogP contribution in [0.4, 0.5) is 5.69 Å². The lowest BCUT2D eigenvalue weighted by molar-refractivity contribution is 0.0957. The van der Waals surface area contributed by atoms with E-state index in [9.17, 15) is 13.2 Å². The van der Waals surface area contributed by atoms with Gasteiger partial charge < -0.3 is 10.1 Å². The van der Waals surface area contributed by atoms with Crippen LogP contribution in [-0.4, -0.2) is 35.0 Å². The Morgan fingerprint density at radius 3 is 2.61 bits per heavy atom. The van der Waals surface area contributed by atoms with Gasteiger partial charge in [-0.3, -0.25) is 9.10 Å². The van der Waals surface area contributed by atoms with Crippen LogP contribution < -0.4 is 14.4 Å². The topological polar surface area (TPSA) is 75.7 Å². The summed E-state index contributed by atoms with van der Waals surface area (Å²) in [6.07, 6.45) is 3.15. The second-order valence-corrected chi connectivity index (χ2v) is 10.4. The van der Waals surface area contributed by atoms with Crippen LogP contribution in [-0.2, 0) is 10.0 Å². The minimum absolute atomic E-state index is 0.0932. The van der Waals surface area contributed by atoms with Crippen LogP contribution in [0.15, 0.2) is 47.4 Å². The molecule has 0 radical (unpaired) electrons. The number of methoxy groups -OCH3 is 1. The Bertz CT molecular complexity index is 1190. The molecule has 0 bridgehead atoms. The number of nitrogens with zero attached hydrogens (tertiary/aromatic N) is 1. The maximum Gasteiger partial charge on any atom is 0.267 e. The van der Waals surface area contributed by atoms with E-state index >= 15 is 0 Å². The Kier molecular flexibility index (Phi) is 7.23. The number of carbonyl (C=O) groups is 1. The van der Waals surface area contributed by atoms with Gasteiger partial charge in [0, 0.05) is 18.3 Å². The number of anilines is 1. The largest absolute Gasteiger partial charge is 0.495 e. The van der Waals surface area contributed by atoms with Gasteiger partial charge in [0.15, 0.2) is 0 Å². The first-order chi connectivity index (χ1) is 14.8. The van der Waals surface area contributed by atoms with Crippen molar-refractivity contribution in [1.82, 2.24) is 5.32 Å². The van der Waals surface area contributed by atoms with E-state index in [0.29, 0.717) is 22.9 Å². The molecule has 3 aromatic rings. The van der Waals surface area contributed by atoms with E-state index in [1.165, 1.54) is 29.8 Å². The molecule has 166 valence electrons. The van der Waals surface area contributed by atoms with Crippen molar-refractivity contribution < 1.29 is 17.9 Å². The summed E-state index contributed by atoms with van der Waals surface area (Å²) in [7, 11) is -0.846. The Labute approximate surface area is 187 Å². The van der Waals surface area contributed by atoms with Gasteiger partial charge in [-0.15, -0.1) is 11.3 Å². The molecule has 31 heavy (non-hydrogen) atoms. The molecule has 8 heteroatoms. The minimum atomic E-state index is -3.82. The molecule has 1 N–H and O–H groups in total. The molecule has 0 atom stereocenters. The van der Waals surface area contributed by atoms with Gasteiger partial charge in [-0.25, -0.2) is 8.42 Å². The van der Waals surface area contributed by atoms with Crippen molar-refractivity contribution in [3.8, 4) is 5.75 Å². The van der Waals surface area contributed by atoms with Crippen molar-refractivity contribution in [1.29, 1.82) is 0 Å². The summed E-state index contributed by atoms with van der Waals surface area (Å²) in [5.41, 5.74) is 1.35. The Hall–Kier alpha value is -2.58. The van der Waals surface area contributed by atoms with E-state index in [1.807, 2.05) is 25.1 Å². The number of amides is 1. The standard InChI is InChI=1S/C23H28N2O4S2/c1-5-6-7-12-24-23(26)21-15-17-14-18(9-11-20(17)30-21)25(3)31(27,28)22-13-16(2)8-10-19(22)29-4/h8-11,13-15H,5-7,12H2,1-4H3,(H,24,26). The molecule has 1 heterocycles. The van der Waals surface area contributed by atoms with Gasteiger partial charge in [0.2, 0.25) is 0 Å². The number of benzene rings is 2. The number of ether oxygens (including phenoxy) is 1. The van der Waals surface area contributed by atoms with E-state index in [2.05, 4.69) is 12.2 Å². The number of fused-ring (bicyclic) bond motifs is 1. The number of rotatable bonds is 9. The Morgan fingerprint density at radius 2 is 1.90 bits per heavy atom. The number of nitrogens with one attached hydrogen (secondary N) is 1. The van der Waals surface area contributed by atoms with E-state index in [1.54, 1.807) is 24.3 Å². The highest BCUT2D eigenvalue weighted by Gasteiger charge is 2.26. The maximum atomic E-state index is 13.3. The molecule has 2 aromatic carbocycles. The second-order valence-electron chi connectivity index (χ2n) is 7.42. The van der Waals surface area contributed by atoms with Crippen molar-refractivity contribution in [2.75, 3.05) is 25.0 Å². The highest BCUT2D eigenvalue weighted by atomic mass is 32.2. The van der Waals surface area contributed by atoms with Crippen molar-refractivity contribution in [2.24, 2.45) is 0 Å². The highest BCUT2D eigenvalue weighted by molar-refractivity contribution is 7.93. The number of aryl methyl sites for hydroxylation is 1. The average Bonchev–Trinajstić information content (AvgIpc) is 3.19. The molecule has 0 aliphatic heterocycles. The molecule has 0 saturated carbocycles. The van der Waals surface area contributed by atoms with Crippen LogP contribution in [0, 0.1) is 6.92 Å². The number of carbonyl (C=O) groups excluding carboxylic acids is 1. The van der Waals surface area contributed by atoms with E-state index in [-0.39, 0.29) is 10.8 Å². The normalized spacial score (nSPS) is 11.5. The summed E-state index contributed by atoms with van der Waals surface area (Å²) >= 11 is 1.40. The van der Waals surface area contributed by atoms with Crippen LogP contribution in [0.5, 0.6) is 5.75 Å². The van der Waals surface area contributed by atoms with Gasteiger partial charge in [0.25, 0.3) is 15.9 Å². The predicted octanol–water partition coefficient (Wildman–Crippen LogP) is 4.96. The lowest BCUT2D eigenvalue weighted by Crippen LogP contribution is -2.27. The number of unbranched alkanes of at least 4 members (excludes halogenated alkanes) is 2. The summed E-state index contributed by atoms with van der Waals surface area (Å²) in [4.78, 5) is 13.2. The molecular weight excluding hydrogens is 432 g/mol. The molecule has 1 aromatic heterocycles. The van der Waals surface area contributed by atoms with Gasteiger partial charge in [0.1, 0.15) is 10.6 Å². The predicted molar refractivity (Wildman–Crippen MR) is 127 cm³/mol. The van der Waals surface area contributed by atoms with Crippen LogP contribution >= 0.6 is 11.3 Å². The summed E-state index contributed by atoms with van der Waals surface area (Å²) < 4.78 is 34.0. The van der Waals surface area contributed by atoms with Gasteiger partial charge in [-0.05, 0) is 60.7 Å². The molecule has 6 nitrogen and oxygen atoms in total. The summed E-state index contributed by atoms with van der Waals surface area (Å²) in [6, 6.07) is 12.3. The fourth-order valence-electron chi connectivity index (χ4n) is 3.27. The lowest BCUT2D eigenvalue weighted by Gasteiger charge is -2.21. The first kappa shape index (κ1) is 23.1. The number of hydrogen-bond donors (Lipinski definition) is 1. The number of sulfonamides is 1. The molecule has 0 aliphatic rings. The number of thiophene rings is 1. The molecule has 0 fully saturated rings. The fourth-order valence-corrected chi connectivity index (χ4v) is 5.66. The van der Waals surface area contributed by atoms with Crippen molar-refractivity contribution in [3.05, 3.63) is 52.9 Å². The van der Waals surface area contributed by atoms with Crippen molar-refractivity contribution in [2.45, 2.75) is 38.0 Å². The third kappa shape index (κ3) is 5.02. The first-order valence-electron chi connectivity index (χ1n) is 10.2.